The number of halogens is 1. The molecule has 1 unspecified atom stereocenters. The molecule has 0 bridgehead atoms. The maximum absolute atomic E-state index is 5.56. The Morgan fingerprint density at radius 1 is 1.40 bits per heavy atom. The van der Waals surface area contributed by atoms with Crippen molar-refractivity contribution in [3.05, 3.63) is 0 Å². The van der Waals surface area contributed by atoms with Crippen LogP contribution in [-0.4, -0.2) is 12.4 Å². The lowest BCUT2D eigenvalue weighted by atomic mass is 9.99. The van der Waals surface area contributed by atoms with Crippen LogP contribution in [0, 0.1) is 5.92 Å². The third-order valence-corrected chi connectivity index (χ3v) is 2.04. The third-order valence-electron chi connectivity index (χ3n) is 1.78. The normalized spacial score (nSPS) is 13.5. The average molecular weight is 164 g/mol. The van der Waals surface area contributed by atoms with Crippen LogP contribution in [0.5, 0.6) is 0 Å². The van der Waals surface area contributed by atoms with E-state index in [1.165, 1.54) is 19.3 Å². The van der Waals surface area contributed by atoms with E-state index in [0.29, 0.717) is 5.92 Å². The predicted octanol–water partition coefficient (Wildman–Crippen LogP) is 2.38. The van der Waals surface area contributed by atoms with Crippen LogP contribution in [0.2, 0.25) is 0 Å². The van der Waals surface area contributed by atoms with Gasteiger partial charge in [0, 0.05) is 5.88 Å². The Morgan fingerprint density at radius 2 is 2.10 bits per heavy atom. The molecule has 0 heterocycles. The van der Waals surface area contributed by atoms with E-state index in [-0.39, 0.29) is 0 Å². The molecule has 0 aliphatic rings. The first-order chi connectivity index (χ1) is 4.85. The molecular formula is C8H18ClN. The first-order valence-corrected chi connectivity index (χ1v) is 4.64. The Balaban J connectivity index is 3.21. The average Bonchev–Trinajstić information content (AvgIpc) is 1.98. The van der Waals surface area contributed by atoms with Crippen molar-refractivity contribution in [3.8, 4) is 0 Å². The second kappa shape index (κ2) is 7.36. The Labute approximate surface area is 68.9 Å². The van der Waals surface area contributed by atoms with Crippen molar-refractivity contribution < 1.29 is 0 Å². The van der Waals surface area contributed by atoms with Crippen LogP contribution >= 0.6 is 11.6 Å². The molecule has 0 saturated heterocycles. The van der Waals surface area contributed by atoms with Crippen LogP contribution in [0.3, 0.4) is 0 Å². The van der Waals surface area contributed by atoms with Crippen molar-refractivity contribution in [2.45, 2.75) is 32.6 Å². The van der Waals surface area contributed by atoms with Gasteiger partial charge in [-0.3, -0.25) is 0 Å². The summed E-state index contributed by atoms with van der Waals surface area (Å²) in [5.41, 5.74) is 5.56. The molecule has 0 radical (unpaired) electrons. The third kappa shape index (κ3) is 5.07. The van der Waals surface area contributed by atoms with Crippen LogP contribution in [0.25, 0.3) is 0 Å². The van der Waals surface area contributed by atoms with Gasteiger partial charge in [-0.25, -0.2) is 0 Å². The van der Waals surface area contributed by atoms with E-state index in [2.05, 4.69) is 6.92 Å². The Morgan fingerprint density at radius 3 is 2.50 bits per heavy atom. The summed E-state index contributed by atoms with van der Waals surface area (Å²) in [6.45, 7) is 3.02. The van der Waals surface area contributed by atoms with Crippen molar-refractivity contribution >= 4 is 11.6 Å². The van der Waals surface area contributed by atoms with Gasteiger partial charge in [0.15, 0.2) is 0 Å². The summed E-state index contributed by atoms with van der Waals surface area (Å²) in [4.78, 5) is 0. The maximum atomic E-state index is 5.56. The van der Waals surface area contributed by atoms with Crippen molar-refractivity contribution in [2.75, 3.05) is 12.4 Å². The van der Waals surface area contributed by atoms with Gasteiger partial charge >= 0.3 is 0 Å². The fourth-order valence-electron chi connectivity index (χ4n) is 1.15. The molecule has 0 rings (SSSR count). The Bertz CT molecular complexity index is 66.3. The zero-order valence-corrected chi connectivity index (χ0v) is 7.53. The first-order valence-electron chi connectivity index (χ1n) is 4.11. The fourth-order valence-corrected chi connectivity index (χ4v) is 1.31. The minimum atomic E-state index is 0.712. The van der Waals surface area contributed by atoms with Crippen LogP contribution in [0.1, 0.15) is 32.6 Å². The molecule has 0 aromatic carbocycles. The summed E-state index contributed by atoms with van der Waals surface area (Å²) >= 11 is 5.56. The van der Waals surface area contributed by atoms with Gasteiger partial charge in [-0.15, -0.1) is 11.6 Å². The first kappa shape index (κ1) is 10.2. The Kier molecular flexibility index (Phi) is 7.54. The zero-order valence-electron chi connectivity index (χ0n) is 6.78. The van der Waals surface area contributed by atoms with E-state index < -0.39 is 0 Å². The van der Waals surface area contributed by atoms with Gasteiger partial charge in [0.2, 0.25) is 0 Å². The largest absolute Gasteiger partial charge is 0.330 e. The molecule has 2 heteroatoms. The van der Waals surface area contributed by atoms with Crippen LogP contribution in [-0.2, 0) is 0 Å². The van der Waals surface area contributed by atoms with Gasteiger partial charge in [0.1, 0.15) is 0 Å². The molecule has 2 N–H and O–H groups in total. The van der Waals surface area contributed by atoms with Gasteiger partial charge < -0.3 is 5.73 Å². The molecule has 0 aromatic heterocycles. The van der Waals surface area contributed by atoms with Crippen LogP contribution in [0.15, 0.2) is 0 Å². The van der Waals surface area contributed by atoms with E-state index in [1.54, 1.807) is 0 Å². The number of nitrogens with two attached hydrogens (primary N) is 1. The summed E-state index contributed by atoms with van der Waals surface area (Å²) in [6, 6.07) is 0. The lowest BCUT2D eigenvalue weighted by molar-refractivity contribution is 0.451. The van der Waals surface area contributed by atoms with E-state index >= 15 is 0 Å². The highest BCUT2D eigenvalue weighted by molar-refractivity contribution is 6.17. The van der Waals surface area contributed by atoms with Gasteiger partial charge in [-0.05, 0) is 31.7 Å². The van der Waals surface area contributed by atoms with Gasteiger partial charge in [0.25, 0.3) is 0 Å². The maximum Gasteiger partial charge on any atom is 0.0223 e. The summed E-state index contributed by atoms with van der Waals surface area (Å²) in [5.74, 6) is 1.49. The smallest absolute Gasteiger partial charge is 0.0223 e. The second-order valence-corrected chi connectivity index (χ2v) is 3.10. The molecule has 1 nitrogen and oxygen atoms in total. The van der Waals surface area contributed by atoms with Crippen LogP contribution < -0.4 is 5.73 Å². The molecule has 0 aliphatic carbocycles. The topological polar surface area (TPSA) is 26.0 Å². The number of alkyl halides is 1. The highest BCUT2D eigenvalue weighted by Gasteiger charge is 2.03. The molecule has 0 aromatic rings. The zero-order chi connectivity index (χ0) is 7.82. The lowest BCUT2D eigenvalue weighted by Crippen LogP contribution is -2.14. The molecular weight excluding hydrogens is 146 g/mol. The summed E-state index contributed by atoms with van der Waals surface area (Å²) < 4.78 is 0. The quantitative estimate of drug-likeness (QED) is 0.598. The highest BCUT2D eigenvalue weighted by Crippen LogP contribution is 2.11. The van der Waals surface area contributed by atoms with E-state index in [9.17, 15) is 0 Å². The van der Waals surface area contributed by atoms with Gasteiger partial charge in [-0.2, -0.15) is 0 Å². The number of rotatable bonds is 6. The fraction of sp³-hybridized carbons (Fsp3) is 1.00. The highest BCUT2D eigenvalue weighted by atomic mass is 35.5. The van der Waals surface area contributed by atoms with Crippen molar-refractivity contribution in [1.29, 1.82) is 0 Å². The molecule has 0 fully saturated rings. The summed E-state index contributed by atoms with van der Waals surface area (Å²) in [7, 11) is 0. The van der Waals surface area contributed by atoms with Crippen molar-refractivity contribution in [3.63, 3.8) is 0 Å². The SMILES string of the molecule is CCCC(CN)CCCCl. The van der Waals surface area contributed by atoms with Crippen molar-refractivity contribution in [1.82, 2.24) is 0 Å². The second-order valence-electron chi connectivity index (χ2n) is 2.72. The van der Waals surface area contributed by atoms with Gasteiger partial charge in [-0.1, -0.05) is 13.3 Å². The predicted molar refractivity (Wildman–Crippen MR) is 47.4 cm³/mol. The monoisotopic (exact) mass is 163 g/mol. The molecule has 0 amide bonds. The Hall–Kier alpha value is 0.250. The summed E-state index contributed by atoms with van der Waals surface area (Å²) in [6.07, 6.45) is 4.81. The van der Waals surface area contributed by atoms with Crippen molar-refractivity contribution in [2.24, 2.45) is 11.7 Å². The van der Waals surface area contributed by atoms with E-state index in [0.717, 1.165) is 18.8 Å². The van der Waals surface area contributed by atoms with Crippen LogP contribution in [0.4, 0.5) is 0 Å². The van der Waals surface area contributed by atoms with E-state index in [4.69, 9.17) is 17.3 Å². The molecule has 62 valence electrons. The minimum absolute atomic E-state index is 0.712. The summed E-state index contributed by atoms with van der Waals surface area (Å²) in [5, 5.41) is 0. The molecule has 0 spiro atoms. The standard InChI is InChI=1S/C8H18ClN/c1-2-4-8(7-10)5-3-6-9/h8H,2-7,10H2,1H3. The van der Waals surface area contributed by atoms with Gasteiger partial charge in [0.05, 0.1) is 0 Å². The minimum Gasteiger partial charge on any atom is -0.330 e. The number of hydrogen-bond acceptors (Lipinski definition) is 1. The molecule has 1 atom stereocenters. The molecule has 0 aliphatic heterocycles. The van der Waals surface area contributed by atoms with E-state index in [1.807, 2.05) is 0 Å². The molecule has 10 heavy (non-hydrogen) atoms. The number of hydrogen-bond donors (Lipinski definition) is 1. The lowest BCUT2D eigenvalue weighted by Gasteiger charge is -2.11. The molecule has 0 saturated carbocycles.